The maximum atomic E-state index is 10.5. The number of aliphatic hydroxyl groups excluding tert-OH is 1. The molecule has 2 heterocycles. The molecule has 3 nitrogen and oxygen atoms in total. The van der Waals surface area contributed by atoms with E-state index in [0.717, 1.165) is 18.6 Å². The summed E-state index contributed by atoms with van der Waals surface area (Å²) < 4.78 is 0. The summed E-state index contributed by atoms with van der Waals surface area (Å²) in [6, 6.07) is 1.55. The smallest absolute Gasteiger partial charge is 0.0695 e. The lowest BCUT2D eigenvalue weighted by molar-refractivity contribution is 0.0450. The van der Waals surface area contributed by atoms with E-state index in [2.05, 4.69) is 16.8 Å². The lowest BCUT2D eigenvalue weighted by Gasteiger charge is -2.32. The van der Waals surface area contributed by atoms with Crippen molar-refractivity contribution in [3.8, 4) is 0 Å². The highest BCUT2D eigenvalue weighted by Crippen LogP contribution is 2.30. The molecule has 2 aliphatic heterocycles. The Hall–Kier alpha value is -0.120. The van der Waals surface area contributed by atoms with Gasteiger partial charge in [-0.2, -0.15) is 0 Å². The molecule has 3 atom stereocenters. The zero-order valence-corrected chi connectivity index (χ0v) is 12.4. The highest BCUT2D eigenvalue weighted by atomic mass is 16.3. The molecule has 0 aromatic rings. The van der Waals surface area contributed by atoms with Gasteiger partial charge in [0, 0.05) is 25.2 Å². The zero-order chi connectivity index (χ0) is 13.2. The molecule has 0 radical (unpaired) electrons. The second-order valence-corrected chi connectivity index (χ2v) is 7.06. The first-order chi connectivity index (χ1) is 9.24. The molecule has 0 amide bonds. The third kappa shape index (κ3) is 3.14. The second kappa shape index (κ2) is 6.11. The molecule has 1 N–H and O–H groups in total. The molecule has 1 aliphatic carbocycles. The highest BCUT2D eigenvalue weighted by Gasteiger charge is 2.35. The van der Waals surface area contributed by atoms with Crippen molar-refractivity contribution in [1.82, 2.24) is 9.80 Å². The topological polar surface area (TPSA) is 26.7 Å². The Morgan fingerprint density at radius 2 is 1.74 bits per heavy atom. The van der Waals surface area contributed by atoms with Crippen molar-refractivity contribution in [2.45, 2.75) is 69.6 Å². The molecule has 2 bridgehead atoms. The summed E-state index contributed by atoms with van der Waals surface area (Å²) in [5, 5.41) is 10.5. The summed E-state index contributed by atoms with van der Waals surface area (Å²) in [4.78, 5) is 5.13. The Kier molecular flexibility index (Phi) is 4.45. The minimum atomic E-state index is -0.0813. The van der Waals surface area contributed by atoms with Gasteiger partial charge in [-0.3, -0.25) is 9.80 Å². The fraction of sp³-hybridized carbons (Fsp3) is 1.00. The number of nitrogens with zero attached hydrogens (tertiary/aromatic N) is 2. The van der Waals surface area contributed by atoms with Gasteiger partial charge in [0.25, 0.3) is 0 Å². The van der Waals surface area contributed by atoms with Crippen LogP contribution in [-0.2, 0) is 0 Å². The number of hydrogen-bond donors (Lipinski definition) is 1. The predicted octanol–water partition coefficient (Wildman–Crippen LogP) is 2.10. The second-order valence-electron chi connectivity index (χ2n) is 7.06. The van der Waals surface area contributed by atoms with Crippen molar-refractivity contribution in [3.05, 3.63) is 0 Å². The van der Waals surface area contributed by atoms with Crippen LogP contribution in [0.25, 0.3) is 0 Å². The number of fused-ring (bicyclic) bond motifs is 2. The Labute approximate surface area is 118 Å². The quantitative estimate of drug-likeness (QED) is 0.847. The average Bonchev–Trinajstić information content (AvgIpc) is 2.68. The standard InChI is InChI=1S/C16H30N2O/c1-17-14-7-8-15(17)11-18(10-9-14)12-16(19)13-5-3-2-4-6-13/h13-16,19H,2-12H2,1H3. The van der Waals surface area contributed by atoms with Crippen molar-refractivity contribution in [2.24, 2.45) is 5.92 Å². The van der Waals surface area contributed by atoms with Crippen molar-refractivity contribution in [3.63, 3.8) is 0 Å². The van der Waals surface area contributed by atoms with Crippen LogP contribution in [0.15, 0.2) is 0 Å². The van der Waals surface area contributed by atoms with Gasteiger partial charge in [-0.1, -0.05) is 19.3 Å². The molecular formula is C16H30N2O. The minimum absolute atomic E-state index is 0.0813. The van der Waals surface area contributed by atoms with Gasteiger partial charge in [-0.25, -0.2) is 0 Å². The van der Waals surface area contributed by atoms with Crippen LogP contribution < -0.4 is 0 Å². The molecule has 0 spiro atoms. The molecule has 3 heteroatoms. The third-order valence-corrected chi connectivity index (χ3v) is 5.87. The van der Waals surface area contributed by atoms with Gasteiger partial charge in [-0.15, -0.1) is 0 Å². The number of likely N-dealkylation sites (tertiary alicyclic amines) is 1. The zero-order valence-electron chi connectivity index (χ0n) is 12.4. The van der Waals surface area contributed by atoms with Gasteiger partial charge in [0.05, 0.1) is 6.10 Å². The lowest BCUT2D eigenvalue weighted by atomic mass is 9.85. The average molecular weight is 266 g/mol. The van der Waals surface area contributed by atoms with Crippen LogP contribution in [0.5, 0.6) is 0 Å². The van der Waals surface area contributed by atoms with Gasteiger partial charge in [0.2, 0.25) is 0 Å². The third-order valence-electron chi connectivity index (χ3n) is 5.87. The number of rotatable bonds is 3. The van der Waals surface area contributed by atoms with E-state index in [4.69, 9.17) is 0 Å². The highest BCUT2D eigenvalue weighted by molar-refractivity contribution is 4.91. The molecule has 0 aromatic heterocycles. The SMILES string of the molecule is CN1C2CCC1CN(CC(O)C1CCCCC1)CC2. The summed E-state index contributed by atoms with van der Waals surface area (Å²) in [7, 11) is 2.30. The number of likely N-dealkylation sites (N-methyl/N-ethyl adjacent to an activating group) is 1. The monoisotopic (exact) mass is 266 g/mol. The van der Waals surface area contributed by atoms with Crippen molar-refractivity contribution in [2.75, 3.05) is 26.7 Å². The van der Waals surface area contributed by atoms with E-state index >= 15 is 0 Å². The molecule has 0 aromatic carbocycles. The van der Waals surface area contributed by atoms with Crippen LogP contribution in [0.1, 0.15) is 51.4 Å². The van der Waals surface area contributed by atoms with Crippen LogP contribution in [0.4, 0.5) is 0 Å². The predicted molar refractivity (Wildman–Crippen MR) is 78.2 cm³/mol. The van der Waals surface area contributed by atoms with E-state index in [1.54, 1.807) is 0 Å². The van der Waals surface area contributed by atoms with Crippen LogP contribution >= 0.6 is 0 Å². The lowest BCUT2D eigenvalue weighted by Crippen LogP contribution is -2.42. The molecule has 2 saturated heterocycles. The maximum Gasteiger partial charge on any atom is 0.0695 e. The van der Waals surface area contributed by atoms with Crippen molar-refractivity contribution in [1.29, 1.82) is 0 Å². The van der Waals surface area contributed by atoms with Gasteiger partial charge < -0.3 is 5.11 Å². The summed E-state index contributed by atoms with van der Waals surface area (Å²) >= 11 is 0. The number of hydrogen-bond acceptors (Lipinski definition) is 3. The summed E-state index contributed by atoms with van der Waals surface area (Å²) in [5.74, 6) is 0.576. The fourth-order valence-corrected chi connectivity index (χ4v) is 4.48. The summed E-state index contributed by atoms with van der Waals surface area (Å²) in [6.07, 6.45) is 10.5. The first-order valence-electron chi connectivity index (χ1n) is 8.36. The first-order valence-corrected chi connectivity index (χ1v) is 8.36. The Bertz CT molecular complexity index is 290. The summed E-state index contributed by atoms with van der Waals surface area (Å²) in [5.41, 5.74) is 0. The molecule has 3 fully saturated rings. The van der Waals surface area contributed by atoms with Gasteiger partial charge in [0.15, 0.2) is 0 Å². The molecule has 3 aliphatic rings. The molecule has 1 saturated carbocycles. The van der Waals surface area contributed by atoms with Crippen LogP contribution in [0.2, 0.25) is 0 Å². The van der Waals surface area contributed by atoms with Crippen LogP contribution in [-0.4, -0.2) is 59.8 Å². The molecule has 110 valence electrons. The van der Waals surface area contributed by atoms with Crippen LogP contribution in [0, 0.1) is 5.92 Å². The molecule has 19 heavy (non-hydrogen) atoms. The van der Waals surface area contributed by atoms with Crippen molar-refractivity contribution < 1.29 is 5.11 Å². The van der Waals surface area contributed by atoms with Gasteiger partial charge in [-0.05, 0) is 51.6 Å². The maximum absolute atomic E-state index is 10.5. The Morgan fingerprint density at radius 1 is 1.00 bits per heavy atom. The minimum Gasteiger partial charge on any atom is -0.392 e. The fourth-order valence-electron chi connectivity index (χ4n) is 4.48. The van der Waals surface area contributed by atoms with E-state index in [9.17, 15) is 5.11 Å². The van der Waals surface area contributed by atoms with Crippen molar-refractivity contribution >= 4 is 0 Å². The van der Waals surface area contributed by atoms with E-state index in [0.29, 0.717) is 5.92 Å². The van der Waals surface area contributed by atoms with E-state index in [1.807, 2.05) is 0 Å². The van der Waals surface area contributed by atoms with E-state index < -0.39 is 0 Å². The first kappa shape index (κ1) is 13.8. The summed E-state index contributed by atoms with van der Waals surface area (Å²) in [6.45, 7) is 3.29. The number of β-amino-alcohol motifs (C(OH)–C–C–N with tert-alkyl or cyclic N) is 1. The largest absolute Gasteiger partial charge is 0.392 e. The Balaban J connectivity index is 1.52. The van der Waals surface area contributed by atoms with Crippen LogP contribution in [0.3, 0.4) is 0 Å². The number of aliphatic hydroxyl groups is 1. The molecular weight excluding hydrogens is 236 g/mol. The molecule has 3 rings (SSSR count). The molecule has 3 unspecified atom stereocenters. The normalized spacial score (nSPS) is 36.3. The van der Waals surface area contributed by atoms with Gasteiger partial charge >= 0.3 is 0 Å². The van der Waals surface area contributed by atoms with E-state index in [1.165, 1.54) is 64.5 Å². The van der Waals surface area contributed by atoms with Gasteiger partial charge in [0.1, 0.15) is 0 Å². The van der Waals surface area contributed by atoms with E-state index in [-0.39, 0.29) is 6.10 Å². The Morgan fingerprint density at radius 3 is 2.53 bits per heavy atom.